The van der Waals surface area contributed by atoms with Crippen molar-refractivity contribution in [3.63, 3.8) is 0 Å². The van der Waals surface area contributed by atoms with Crippen LogP contribution in [0.1, 0.15) is 62.6 Å². The molecule has 0 saturated carbocycles. The molecule has 0 aromatic carbocycles. The van der Waals surface area contributed by atoms with Crippen LogP contribution in [0.2, 0.25) is 0 Å². The SMILES string of the molecule is CCCC[C@H](CN(O)C=O)C(=O)N1CCC[C@@H]1n1ncc(C(=O)OCC)n1. The number of nitrogens with zero attached hydrogens (tertiary/aromatic N) is 5. The number of esters is 1. The van der Waals surface area contributed by atoms with Crippen LogP contribution in [-0.4, -0.2) is 68.1 Å². The number of amides is 2. The number of carbonyl (C=O) groups is 3. The third-order valence-corrected chi connectivity index (χ3v) is 4.55. The fraction of sp³-hybridized carbons (Fsp3) is 0.706. The van der Waals surface area contributed by atoms with E-state index in [4.69, 9.17) is 4.74 Å². The molecule has 1 saturated heterocycles. The first-order valence-electron chi connectivity index (χ1n) is 9.32. The molecule has 1 aromatic heterocycles. The van der Waals surface area contributed by atoms with Crippen LogP contribution in [0, 0.1) is 5.92 Å². The van der Waals surface area contributed by atoms with Gasteiger partial charge in [0.2, 0.25) is 12.3 Å². The Labute approximate surface area is 158 Å². The maximum absolute atomic E-state index is 13.0. The molecular formula is C17H27N5O5. The Morgan fingerprint density at radius 2 is 2.26 bits per heavy atom. The van der Waals surface area contributed by atoms with Crippen molar-refractivity contribution < 1.29 is 24.3 Å². The van der Waals surface area contributed by atoms with Gasteiger partial charge in [-0.05, 0) is 26.2 Å². The molecule has 1 N–H and O–H groups in total. The van der Waals surface area contributed by atoms with Gasteiger partial charge in [-0.15, -0.1) is 5.10 Å². The van der Waals surface area contributed by atoms with Crippen LogP contribution in [0.25, 0.3) is 0 Å². The second-order valence-corrected chi connectivity index (χ2v) is 6.49. The minimum atomic E-state index is -0.553. The highest BCUT2D eigenvalue weighted by Crippen LogP contribution is 2.28. The number of rotatable bonds is 10. The van der Waals surface area contributed by atoms with Crippen molar-refractivity contribution in [3.05, 3.63) is 11.9 Å². The Morgan fingerprint density at radius 1 is 1.48 bits per heavy atom. The van der Waals surface area contributed by atoms with Gasteiger partial charge >= 0.3 is 5.97 Å². The van der Waals surface area contributed by atoms with Gasteiger partial charge in [0.25, 0.3) is 0 Å². The van der Waals surface area contributed by atoms with E-state index in [2.05, 4.69) is 10.2 Å². The minimum Gasteiger partial charge on any atom is -0.461 e. The summed E-state index contributed by atoms with van der Waals surface area (Å²) in [5.74, 6) is -1.20. The van der Waals surface area contributed by atoms with Crippen LogP contribution in [-0.2, 0) is 14.3 Å². The molecule has 1 aromatic rings. The topological polar surface area (TPSA) is 118 Å². The van der Waals surface area contributed by atoms with Crippen LogP contribution >= 0.6 is 0 Å². The number of unbranched alkanes of at least 4 members (excludes halogenated alkanes) is 1. The predicted octanol–water partition coefficient (Wildman–Crippen LogP) is 1.23. The maximum Gasteiger partial charge on any atom is 0.360 e. The third-order valence-electron chi connectivity index (χ3n) is 4.55. The lowest BCUT2D eigenvalue weighted by Crippen LogP contribution is -2.42. The van der Waals surface area contributed by atoms with E-state index in [0.717, 1.165) is 19.3 Å². The molecule has 0 radical (unpaired) electrons. The molecular weight excluding hydrogens is 354 g/mol. The average molecular weight is 381 g/mol. The summed E-state index contributed by atoms with van der Waals surface area (Å²) in [5.41, 5.74) is 0.0983. The van der Waals surface area contributed by atoms with E-state index in [-0.39, 0.29) is 24.8 Å². The van der Waals surface area contributed by atoms with Crippen molar-refractivity contribution in [2.24, 2.45) is 5.92 Å². The molecule has 1 aliphatic heterocycles. The van der Waals surface area contributed by atoms with Gasteiger partial charge in [-0.25, -0.2) is 9.86 Å². The van der Waals surface area contributed by atoms with Crippen molar-refractivity contribution in [1.29, 1.82) is 0 Å². The van der Waals surface area contributed by atoms with E-state index in [9.17, 15) is 19.6 Å². The minimum absolute atomic E-state index is 0.0494. The summed E-state index contributed by atoms with van der Waals surface area (Å²) < 4.78 is 4.92. The van der Waals surface area contributed by atoms with E-state index in [1.807, 2.05) is 6.92 Å². The predicted molar refractivity (Wildman–Crippen MR) is 93.5 cm³/mol. The molecule has 2 amide bonds. The first-order chi connectivity index (χ1) is 13.0. The largest absolute Gasteiger partial charge is 0.461 e. The van der Waals surface area contributed by atoms with Crippen LogP contribution in [0.5, 0.6) is 0 Å². The monoisotopic (exact) mass is 381 g/mol. The zero-order chi connectivity index (χ0) is 19.8. The zero-order valence-corrected chi connectivity index (χ0v) is 15.8. The summed E-state index contributed by atoms with van der Waals surface area (Å²) in [6, 6.07) is 0. The van der Waals surface area contributed by atoms with Crippen LogP contribution in [0.15, 0.2) is 6.20 Å². The Kier molecular flexibility index (Phi) is 7.71. The van der Waals surface area contributed by atoms with Crippen molar-refractivity contribution in [1.82, 2.24) is 25.0 Å². The van der Waals surface area contributed by atoms with Gasteiger partial charge in [-0.2, -0.15) is 9.90 Å². The summed E-state index contributed by atoms with van der Waals surface area (Å²) in [4.78, 5) is 38.6. The highest BCUT2D eigenvalue weighted by molar-refractivity contribution is 5.86. The summed E-state index contributed by atoms with van der Waals surface area (Å²) in [6.07, 6.45) is 4.98. The molecule has 1 aliphatic rings. The van der Waals surface area contributed by atoms with Gasteiger partial charge in [-0.3, -0.25) is 14.8 Å². The number of hydrogen-bond acceptors (Lipinski definition) is 7. The molecule has 0 bridgehead atoms. The molecule has 0 aliphatic carbocycles. The van der Waals surface area contributed by atoms with E-state index in [0.29, 0.717) is 30.9 Å². The normalized spacial score (nSPS) is 17.6. The quantitative estimate of drug-likeness (QED) is 0.280. The summed E-state index contributed by atoms with van der Waals surface area (Å²) in [6.45, 7) is 4.45. The summed E-state index contributed by atoms with van der Waals surface area (Å²) in [7, 11) is 0. The Bertz CT molecular complexity index is 649. The van der Waals surface area contributed by atoms with Crippen LogP contribution in [0.3, 0.4) is 0 Å². The highest BCUT2D eigenvalue weighted by atomic mass is 16.5. The number of aromatic nitrogens is 3. The van der Waals surface area contributed by atoms with E-state index < -0.39 is 18.1 Å². The van der Waals surface area contributed by atoms with Crippen molar-refractivity contribution >= 4 is 18.3 Å². The van der Waals surface area contributed by atoms with Crippen molar-refractivity contribution in [3.8, 4) is 0 Å². The van der Waals surface area contributed by atoms with Gasteiger partial charge in [0, 0.05) is 6.54 Å². The van der Waals surface area contributed by atoms with Crippen LogP contribution in [0.4, 0.5) is 0 Å². The summed E-state index contributed by atoms with van der Waals surface area (Å²) in [5, 5.41) is 18.3. The van der Waals surface area contributed by atoms with E-state index in [1.54, 1.807) is 11.8 Å². The fourth-order valence-corrected chi connectivity index (χ4v) is 3.21. The van der Waals surface area contributed by atoms with Crippen molar-refractivity contribution in [2.45, 2.75) is 52.1 Å². The molecule has 0 unspecified atom stereocenters. The van der Waals surface area contributed by atoms with E-state index in [1.165, 1.54) is 11.0 Å². The first kappa shape index (κ1) is 20.8. The van der Waals surface area contributed by atoms with Crippen molar-refractivity contribution in [2.75, 3.05) is 19.7 Å². The maximum atomic E-state index is 13.0. The Morgan fingerprint density at radius 3 is 2.93 bits per heavy atom. The molecule has 10 nitrogen and oxygen atoms in total. The smallest absolute Gasteiger partial charge is 0.360 e. The molecule has 10 heteroatoms. The lowest BCUT2D eigenvalue weighted by atomic mass is 10.00. The molecule has 27 heavy (non-hydrogen) atoms. The first-order valence-corrected chi connectivity index (χ1v) is 9.32. The van der Waals surface area contributed by atoms with Gasteiger partial charge in [-0.1, -0.05) is 19.8 Å². The molecule has 2 rings (SSSR count). The zero-order valence-electron chi connectivity index (χ0n) is 15.8. The molecule has 2 heterocycles. The third kappa shape index (κ3) is 5.25. The average Bonchev–Trinajstić information content (AvgIpc) is 3.33. The second-order valence-electron chi connectivity index (χ2n) is 6.49. The number of likely N-dealkylation sites (tertiary alicyclic amines) is 1. The van der Waals surface area contributed by atoms with Gasteiger partial charge in [0.15, 0.2) is 5.69 Å². The Balaban J connectivity index is 2.13. The van der Waals surface area contributed by atoms with E-state index >= 15 is 0 Å². The Hall–Kier alpha value is -2.49. The second kappa shape index (κ2) is 10.0. The van der Waals surface area contributed by atoms with Gasteiger partial charge in [0.05, 0.1) is 25.3 Å². The van der Waals surface area contributed by atoms with Gasteiger partial charge in [0.1, 0.15) is 6.17 Å². The number of ether oxygens (including phenoxy) is 1. The standard InChI is InChI=1S/C17H27N5O5/c1-3-5-7-13(11-20(26)12-23)16(24)21-9-6-8-15(21)22-18-10-14(19-22)17(25)27-4-2/h10,12-13,15,26H,3-9,11H2,1-2H3/t13-,15+/m1/s1. The molecule has 1 fully saturated rings. The lowest BCUT2D eigenvalue weighted by molar-refractivity contribution is -0.157. The van der Waals surface area contributed by atoms with Crippen LogP contribution < -0.4 is 0 Å². The molecule has 2 atom stereocenters. The molecule has 150 valence electrons. The number of hydrogen-bond donors (Lipinski definition) is 1. The molecule has 0 spiro atoms. The fourth-order valence-electron chi connectivity index (χ4n) is 3.21. The lowest BCUT2D eigenvalue weighted by Gasteiger charge is -2.29. The number of carbonyl (C=O) groups excluding carboxylic acids is 3. The number of hydroxylamine groups is 2. The highest BCUT2D eigenvalue weighted by Gasteiger charge is 2.36. The summed E-state index contributed by atoms with van der Waals surface area (Å²) >= 11 is 0. The van der Waals surface area contributed by atoms with Gasteiger partial charge < -0.3 is 9.64 Å².